The number of hydrogen-bond donors (Lipinski definition) is 2. The van der Waals surface area contributed by atoms with Crippen molar-refractivity contribution >= 4 is 29.2 Å². The number of piperazine rings is 2. The lowest BCUT2D eigenvalue weighted by Crippen LogP contribution is -2.55. The molecule has 3 saturated heterocycles. The SMILES string of the molecule is CC1C=C(Cl)C=CC1[C@@H](CCN1CCC(CN2CCN(C(=O)[C@H](N)C3CCCCC3)CC2)CC1)C(=O)N1CCN(c2cc([C@@H](C)O)ncn2)CC1. The normalized spacial score (nSPS) is 26.5. The molecule has 1 aromatic heterocycles. The van der Waals surface area contributed by atoms with Gasteiger partial charge < -0.3 is 30.4 Å². The van der Waals surface area contributed by atoms with E-state index in [0.717, 1.165) is 82.5 Å². The zero-order chi connectivity index (χ0) is 35.9. The number of allylic oxidation sites excluding steroid dienone is 4. The van der Waals surface area contributed by atoms with Gasteiger partial charge in [-0.2, -0.15) is 0 Å². The van der Waals surface area contributed by atoms with E-state index in [9.17, 15) is 14.7 Å². The molecular weight excluding hydrogens is 664 g/mol. The third-order valence-corrected chi connectivity index (χ3v) is 12.7. The summed E-state index contributed by atoms with van der Waals surface area (Å²) in [4.78, 5) is 47.3. The lowest BCUT2D eigenvalue weighted by Gasteiger charge is -2.41. The molecule has 0 bridgehead atoms. The molecule has 282 valence electrons. The molecule has 5 atom stereocenters. The Balaban J connectivity index is 0.962. The molecule has 3 N–H and O–H groups in total. The van der Waals surface area contributed by atoms with Crippen LogP contribution in [0.5, 0.6) is 0 Å². The van der Waals surface area contributed by atoms with Crippen molar-refractivity contribution in [1.29, 1.82) is 0 Å². The van der Waals surface area contributed by atoms with Crippen LogP contribution in [0.2, 0.25) is 0 Å². The standard InChI is InChI=1S/C39H61ClN8O3/c1-28-24-32(40)8-9-33(28)34(38(50)47-22-20-46(21-23-47)36-25-35(29(2)49)42-27-43-36)12-15-44-13-10-30(11-14-44)26-45-16-18-48(19-17-45)39(51)37(41)31-6-4-3-5-7-31/h8-9,24-25,27-31,33-34,37,49H,3-7,10-23,26,41H2,1-2H3/t28?,29-,33?,34-,37-/m1/s1. The first-order valence-electron chi connectivity index (χ1n) is 19.7. The molecule has 0 aromatic carbocycles. The van der Waals surface area contributed by atoms with Crippen molar-refractivity contribution in [2.75, 3.05) is 83.4 Å². The minimum Gasteiger partial charge on any atom is -0.387 e. The second-order valence-corrected chi connectivity index (χ2v) is 16.3. The number of carbonyl (C=O) groups is 2. The number of amides is 2. The maximum Gasteiger partial charge on any atom is 0.239 e. The molecule has 5 aliphatic rings. The Bertz CT molecular complexity index is 1360. The summed E-state index contributed by atoms with van der Waals surface area (Å²) in [6.07, 6.45) is 16.1. The van der Waals surface area contributed by atoms with E-state index in [0.29, 0.717) is 43.7 Å². The molecule has 6 rings (SSSR count). The number of halogens is 1. The second kappa shape index (κ2) is 18.0. The summed E-state index contributed by atoms with van der Waals surface area (Å²) in [7, 11) is 0. The summed E-state index contributed by atoms with van der Waals surface area (Å²) in [6, 6.07) is 1.52. The molecule has 2 amide bonds. The molecule has 1 saturated carbocycles. The van der Waals surface area contributed by atoms with Crippen molar-refractivity contribution < 1.29 is 14.7 Å². The summed E-state index contributed by atoms with van der Waals surface area (Å²) < 4.78 is 0. The molecule has 12 heteroatoms. The average Bonchev–Trinajstić information content (AvgIpc) is 3.16. The monoisotopic (exact) mass is 724 g/mol. The van der Waals surface area contributed by atoms with E-state index in [4.69, 9.17) is 17.3 Å². The van der Waals surface area contributed by atoms with Gasteiger partial charge in [0.25, 0.3) is 0 Å². The molecule has 2 unspecified atom stereocenters. The van der Waals surface area contributed by atoms with Crippen LogP contribution in [0.1, 0.15) is 77.0 Å². The van der Waals surface area contributed by atoms with E-state index >= 15 is 0 Å². The van der Waals surface area contributed by atoms with Crippen LogP contribution in [0.3, 0.4) is 0 Å². The van der Waals surface area contributed by atoms with Gasteiger partial charge in [-0.1, -0.05) is 49.9 Å². The minimum absolute atomic E-state index is 0.104. The molecule has 0 spiro atoms. The highest BCUT2D eigenvalue weighted by Crippen LogP contribution is 2.34. The van der Waals surface area contributed by atoms with Crippen LogP contribution in [-0.4, -0.2) is 131 Å². The average molecular weight is 725 g/mol. The van der Waals surface area contributed by atoms with Crippen molar-refractivity contribution in [3.05, 3.63) is 41.3 Å². The van der Waals surface area contributed by atoms with Crippen LogP contribution in [0, 0.1) is 29.6 Å². The van der Waals surface area contributed by atoms with Crippen LogP contribution < -0.4 is 10.6 Å². The van der Waals surface area contributed by atoms with E-state index in [1.165, 1.54) is 38.4 Å². The molecule has 11 nitrogen and oxygen atoms in total. The topological polar surface area (TPSA) is 122 Å². The Hall–Kier alpha value is -2.57. The van der Waals surface area contributed by atoms with Crippen molar-refractivity contribution in [2.24, 2.45) is 35.3 Å². The smallest absolute Gasteiger partial charge is 0.239 e. The number of aromatic nitrogens is 2. The number of nitrogens with two attached hydrogens (primary N) is 1. The van der Waals surface area contributed by atoms with Crippen LogP contribution in [-0.2, 0) is 9.59 Å². The first kappa shape index (κ1) is 38.2. The fraction of sp³-hybridized carbons (Fsp3) is 0.744. The zero-order valence-electron chi connectivity index (χ0n) is 30.9. The van der Waals surface area contributed by atoms with Gasteiger partial charge in [0.1, 0.15) is 12.1 Å². The molecule has 2 aliphatic carbocycles. The van der Waals surface area contributed by atoms with E-state index in [-0.39, 0.29) is 35.6 Å². The number of likely N-dealkylation sites (tertiary alicyclic amines) is 1. The van der Waals surface area contributed by atoms with Crippen LogP contribution in [0.25, 0.3) is 0 Å². The predicted octanol–water partition coefficient (Wildman–Crippen LogP) is 3.89. The van der Waals surface area contributed by atoms with Gasteiger partial charge in [-0.25, -0.2) is 9.97 Å². The summed E-state index contributed by atoms with van der Waals surface area (Å²) in [5, 5.41) is 10.7. The predicted molar refractivity (Wildman–Crippen MR) is 202 cm³/mol. The minimum atomic E-state index is -0.649. The number of piperidine rings is 1. The first-order valence-corrected chi connectivity index (χ1v) is 20.1. The lowest BCUT2D eigenvalue weighted by molar-refractivity contribution is -0.138. The van der Waals surface area contributed by atoms with Gasteiger partial charge in [-0.15, -0.1) is 0 Å². The number of aliphatic hydroxyl groups is 1. The molecule has 3 aliphatic heterocycles. The Morgan fingerprint density at radius 1 is 0.902 bits per heavy atom. The van der Waals surface area contributed by atoms with Crippen molar-refractivity contribution in [2.45, 2.75) is 77.4 Å². The largest absolute Gasteiger partial charge is 0.387 e. The van der Waals surface area contributed by atoms with Crippen LogP contribution in [0.15, 0.2) is 35.7 Å². The van der Waals surface area contributed by atoms with Gasteiger partial charge in [0.2, 0.25) is 11.8 Å². The highest BCUT2D eigenvalue weighted by Gasteiger charge is 2.36. The summed E-state index contributed by atoms with van der Waals surface area (Å²) >= 11 is 6.37. The number of carbonyl (C=O) groups excluding carboxylic acids is 2. The highest BCUT2D eigenvalue weighted by molar-refractivity contribution is 6.31. The summed E-state index contributed by atoms with van der Waals surface area (Å²) in [5.41, 5.74) is 7.06. The van der Waals surface area contributed by atoms with Crippen molar-refractivity contribution in [3.63, 3.8) is 0 Å². The van der Waals surface area contributed by atoms with E-state index in [2.05, 4.69) is 43.7 Å². The molecule has 51 heavy (non-hydrogen) atoms. The second-order valence-electron chi connectivity index (χ2n) is 15.9. The molecule has 0 radical (unpaired) electrons. The highest BCUT2D eigenvalue weighted by atomic mass is 35.5. The number of nitrogens with zero attached hydrogens (tertiary/aromatic N) is 7. The fourth-order valence-corrected chi connectivity index (χ4v) is 9.34. The molecule has 1 aromatic rings. The molecule has 4 heterocycles. The van der Waals surface area contributed by atoms with E-state index in [1.807, 2.05) is 21.9 Å². The molecule has 4 fully saturated rings. The number of aliphatic hydroxyl groups excluding tert-OH is 1. The van der Waals surface area contributed by atoms with Crippen LogP contribution in [0.4, 0.5) is 5.82 Å². The maximum atomic E-state index is 14.2. The third-order valence-electron chi connectivity index (χ3n) is 12.4. The van der Waals surface area contributed by atoms with E-state index < -0.39 is 6.10 Å². The Kier molecular flexibility index (Phi) is 13.4. The Morgan fingerprint density at radius 2 is 1.57 bits per heavy atom. The van der Waals surface area contributed by atoms with Gasteiger partial charge in [-0.05, 0) is 88.4 Å². The van der Waals surface area contributed by atoms with Gasteiger partial charge in [0.05, 0.1) is 17.8 Å². The Labute approximate surface area is 310 Å². The third kappa shape index (κ3) is 9.90. The Morgan fingerprint density at radius 3 is 2.24 bits per heavy atom. The van der Waals surface area contributed by atoms with E-state index in [1.54, 1.807) is 6.92 Å². The number of anilines is 1. The van der Waals surface area contributed by atoms with Gasteiger partial charge in [-0.3, -0.25) is 14.5 Å². The summed E-state index contributed by atoms with van der Waals surface area (Å²) in [6.45, 7) is 14.2. The zero-order valence-corrected chi connectivity index (χ0v) is 31.7. The molecular formula is C39H61ClN8O3. The fourth-order valence-electron chi connectivity index (χ4n) is 9.07. The maximum absolute atomic E-state index is 14.2. The van der Waals surface area contributed by atoms with Gasteiger partial charge in [0, 0.05) is 75.9 Å². The van der Waals surface area contributed by atoms with Crippen molar-refractivity contribution in [3.8, 4) is 0 Å². The lowest BCUT2D eigenvalue weighted by atomic mass is 9.77. The number of hydrogen-bond acceptors (Lipinski definition) is 9. The van der Waals surface area contributed by atoms with Crippen LogP contribution >= 0.6 is 11.6 Å². The quantitative estimate of drug-likeness (QED) is 0.350. The van der Waals surface area contributed by atoms with Crippen molar-refractivity contribution in [1.82, 2.24) is 29.6 Å². The van der Waals surface area contributed by atoms with Gasteiger partial charge >= 0.3 is 0 Å². The van der Waals surface area contributed by atoms with Gasteiger partial charge in [0.15, 0.2) is 0 Å². The first-order chi connectivity index (χ1) is 24.7. The number of rotatable bonds is 11. The summed E-state index contributed by atoms with van der Waals surface area (Å²) in [5.74, 6) is 2.44.